The third kappa shape index (κ3) is 5.44. The predicted octanol–water partition coefficient (Wildman–Crippen LogP) is 3.28. The number of rotatable bonds is 7. The predicted molar refractivity (Wildman–Crippen MR) is 139 cm³/mol. The number of pyridine rings is 2. The smallest absolute Gasteiger partial charge is 0.242 e. The number of nitrogens with zero attached hydrogens (tertiary/aromatic N) is 2. The van der Waals surface area contributed by atoms with E-state index in [9.17, 15) is 9.59 Å². The lowest BCUT2D eigenvalue weighted by Crippen LogP contribution is -2.53. The molecule has 1 aliphatic rings. The van der Waals surface area contributed by atoms with Gasteiger partial charge in [0.2, 0.25) is 11.8 Å². The van der Waals surface area contributed by atoms with Gasteiger partial charge in [-0.15, -0.1) is 0 Å². The third-order valence-corrected chi connectivity index (χ3v) is 6.78. The SMILES string of the molecule is C[C@H](NC(=O)[C@H]1C[C@@H](c2ccc(-c3cccnc3)cc2)CCN1)C(=O)NCc1cc2cnccc2[nH]1. The standard InChI is InChI=1S/C28H30N6O2/c1-18(27(35)32-17-24-13-23-16-30-11-9-25(23)34-24)33-28(36)26-14-21(8-12-31-26)19-4-6-20(7-5-19)22-3-2-10-29-15-22/h2-7,9-11,13,15-16,18,21,26,31,34H,8,12,14,17H2,1H3,(H,32,35)(H,33,36)/t18-,21-,26+/m0/s1. The fourth-order valence-electron chi connectivity index (χ4n) is 4.74. The van der Waals surface area contributed by atoms with Crippen LogP contribution in [0.4, 0.5) is 0 Å². The van der Waals surface area contributed by atoms with Crippen LogP contribution < -0.4 is 16.0 Å². The first kappa shape index (κ1) is 23.7. The molecule has 5 rings (SSSR count). The number of amides is 2. The van der Waals surface area contributed by atoms with Crippen molar-refractivity contribution in [2.24, 2.45) is 0 Å². The molecule has 1 aromatic carbocycles. The third-order valence-electron chi connectivity index (χ3n) is 6.78. The largest absolute Gasteiger partial charge is 0.357 e. The quantitative estimate of drug-likeness (QED) is 0.323. The summed E-state index contributed by atoms with van der Waals surface area (Å²) in [5.41, 5.74) is 5.29. The fourth-order valence-corrected chi connectivity index (χ4v) is 4.74. The van der Waals surface area contributed by atoms with Crippen molar-refractivity contribution in [1.29, 1.82) is 0 Å². The molecule has 8 heteroatoms. The molecule has 3 aromatic heterocycles. The Morgan fingerprint density at radius 2 is 1.89 bits per heavy atom. The summed E-state index contributed by atoms with van der Waals surface area (Å²) in [7, 11) is 0. The Morgan fingerprint density at radius 1 is 1.06 bits per heavy atom. The summed E-state index contributed by atoms with van der Waals surface area (Å²) in [5.74, 6) is -0.0879. The van der Waals surface area contributed by atoms with Gasteiger partial charge in [0.1, 0.15) is 6.04 Å². The molecular weight excluding hydrogens is 452 g/mol. The topological polar surface area (TPSA) is 112 Å². The number of aromatic nitrogens is 3. The van der Waals surface area contributed by atoms with Crippen LogP contribution in [0, 0.1) is 0 Å². The zero-order valence-electron chi connectivity index (χ0n) is 20.2. The Balaban J connectivity index is 1.13. The minimum Gasteiger partial charge on any atom is -0.357 e. The summed E-state index contributed by atoms with van der Waals surface area (Å²) < 4.78 is 0. The Labute approximate surface area is 209 Å². The molecule has 0 saturated carbocycles. The van der Waals surface area contributed by atoms with Crippen LogP contribution in [0.15, 0.2) is 73.3 Å². The van der Waals surface area contributed by atoms with Gasteiger partial charge >= 0.3 is 0 Å². The summed E-state index contributed by atoms with van der Waals surface area (Å²) in [4.78, 5) is 37.1. The zero-order chi connectivity index (χ0) is 24.9. The molecule has 0 unspecified atom stereocenters. The number of piperidine rings is 1. The molecule has 1 fully saturated rings. The van der Waals surface area contributed by atoms with Crippen molar-refractivity contribution in [1.82, 2.24) is 30.9 Å². The summed E-state index contributed by atoms with van der Waals surface area (Å²) in [6, 6.07) is 15.4. The maximum absolute atomic E-state index is 12.9. The van der Waals surface area contributed by atoms with Crippen LogP contribution in [0.5, 0.6) is 0 Å². The Hall–Kier alpha value is -4.04. The lowest BCUT2D eigenvalue weighted by molar-refractivity contribution is -0.130. The van der Waals surface area contributed by atoms with Crippen molar-refractivity contribution >= 4 is 22.7 Å². The van der Waals surface area contributed by atoms with Gasteiger partial charge in [-0.1, -0.05) is 30.3 Å². The summed E-state index contributed by atoms with van der Waals surface area (Å²) in [5, 5.41) is 10.1. The van der Waals surface area contributed by atoms with Gasteiger partial charge in [-0.2, -0.15) is 0 Å². The van der Waals surface area contributed by atoms with Crippen LogP contribution in [0.25, 0.3) is 22.0 Å². The van der Waals surface area contributed by atoms with E-state index >= 15 is 0 Å². The second kappa shape index (κ2) is 10.7. The highest BCUT2D eigenvalue weighted by molar-refractivity contribution is 5.89. The number of aromatic amines is 1. The number of benzene rings is 1. The van der Waals surface area contributed by atoms with Gasteiger partial charge < -0.3 is 20.9 Å². The van der Waals surface area contributed by atoms with Crippen molar-refractivity contribution in [2.75, 3.05) is 6.54 Å². The molecule has 36 heavy (non-hydrogen) atoms. The summed E-state index contributed by atoms with van der Waals surface area (Å²) in [6.07, 6.45) is 8.78. The van der Waals surface area contributed by atoms with Crippen LogP contribution in [0.1, 0.15) is 36.9 Å². The molecule has 0 radical (unpaired) electrons. The molecule has 184 valence electrons. The number of H-pyrrole nitrogens is 1. The van der Waals surface area contributed by atoms with Crippen molar-refractivity contribution in [3.05, 3.63) is 84.6 Å². The van der Waals surface area contributed by atoms with Crippen molar-refractivity contribution in [3.8, 4) is 11.1 Å². The van der Waals surface area contributed by atoms with Gasteiger partial charge in [-0.05, 0) is 67.1 Å². The number of fused-ring (bicyclic) bond motifs is 1. The average molecular weight is 483 g/mol. The van der Waals surface area contributed by atoms with Gasteiger partial charge in [-0.25, -0.2) is 0 Å². The Morgan fingerprint density at radius 3 is 2.67 bits per heavy atom. The van der Waals surface area contributed by atoms with E-state index in [0.717, 1.165) is 40.7 Å². The van der Waals surface area contributed by atoms with E-state index in [1.54, 1.807) is 25.5 Å². The zero-order valence-corrected chi connectivity index (χ0v) is 20.2. The van der Waals surface area contributed by atoms with Crippen molar-refractivity contribution in [3.63, 3.8) is 0 Å². The van der Waals surface area contributed by atoms with E-state index in [1.807, 2.05) is 30.5 Å². The first-order valence-corrected chi connectivity index (χ1v) is 12.3. The monoisotopic (exact) mass is 482 g/mol. The molecule has 0 bridgehead atoms. The van der Waals surface area contributed by atoms with Crippen LogP contribution >= 0.6 is 0 Å². The molecule has 1 saturated heterocycles. The summed E-state index contributed by atoms with van der Waals surface area (Å²) in [6.45, 7) is 2.81. The first-order valence-electron chi connectivity index (χ1n) is 12.3. The second-order valence-electron chi connectivity index (χ2n) is 9.30. The van der Waals surface area contributed by atoms with E-state index in [2.05, 4.69) is 55.2 Å². The highest BCUT2D eigenvalue weighted by Gasteiger charge is 2.29. The van der Waals surface area contributed by atoms with E-state index in [-0.39, 0.29) is 23.8 Å². The Bertz CT molecular complexity index is 1300. The Kier molecular flexibility index (Phi) is 7.04. The molecule has 4 heterocycles. The van der Waals surface area contributed by atoms with Crippen molar-refractivity contribution < 1.29 is 9.59 Å². The van der Waals surface area contributed by atoms with Crippen LogP contribution in [-0.2, 0) is 16.1 Å². The van der Waals surface area contributed by atoms with Gasteiger partial charge in [0.15, 0.2) is 0 Å². The molecular formula is C28H30N6O2. The van der Waals surface area contributed by atoms with Crippen LogP contribution in [-0.4, -0.2) is 45.4 Å². The number of hydrogen-bond acceptors (Lipinski definition) is 5. The van der Waals surface area contributed by atoms with Crippen molar-refractivity contribution in [2.45, 2.75) is 44.3 Å². The van der Waals surface area contributed by atoms with E-state index in [0.29, 0.717) is 13.0 Å². The first-order chi connectivity index (χ1) is 17.6. The molecule has 0 aliphatic carbocycles. The molecule has 4 N–H and O–H groups in total. The fraction of sp³-hybridized carbons (Fsp3) is 0.286. The van der Waals surface area contributed by atoms with E-state index < -0.39 is 6.04 Å². The normalized spacial score (nSPS) is 18.5. The molecule has 0 spiro atoms. The summed E-state index contributed by atoms with van der Waals surface area (Å²) >= 11 is 0. The highest BCUT2D eigenvalue weighted by Crippen LogP contribution is 2.29. The minimum absolute atomic E-state index is 0.147. The van der Waals surface area contributed by atoms with E-state index in [4.69, 9.17) is 0 Å². The van der Waals surface area contributed by atoms with Gasteiger partial charge in [-0.3, -0.25) is 19.6 Å². The minimum atomic E-state index is -0.635. The lowest BCUT2D eigenvalue weighted by atomic mass is 9.85. The second-order valence-corrected chi connectivity index (χ2v) is 9.30. The average Bonchev–Trinajstić information content (AvgIpc) is 3.35. The molecule has 3 atom stereocenters. The molecule has 4 aromatic rings. The molecule has 8 nitrogen and oxygen atoms in total. The molecule has 2 amide bonds. The molecule has 1 aliphatic heterocycles. The van der Waals surface area contributed by atoms with E-state index in [1.165, 1.54) is 5.56 Å². The highest BCUT2D eigenvalue weighted by atomic mass is 16.2. The maximum atomic E-state index is 12.9. The van der Waals surface area contributed by atoms with Gasteiger partial charge in [0.25, 0.3) is 0 Å². The number of carbonyl (C=O) groups is 2. The van der Waals surface area contributed by atoms with Crippen LogP contribution in [0.2, 0.25) is 0 Å². The van der Waals surface area contributed by atoms with Gasteiger partial charge in [0.05, 0.1) is 12.6 Å². The lowest BCUT2D eigenvalue weighted by Gasteiger charge is -2.30. The van der Waals surface area contributed by atoms with Crippen LogP contribution in [0.3, 0.4) is 0 Å². The van der Waals surface area contributed by atoms with Gasteiger partial charge in [0, 0.05) is 41.4 Å². The number of nitrogens with one attached hydrogen (secondary N) is 4. The number of hydrogen-bond donors (Lipinski definition) is 4. The number of carbonyl (C=O) groups excluding carboxylic acids is 2. The maximum Gasteiger partial charge on any atom is 0.242 e.